The molecule has 5 nitrogen and oxygen atoms in total. The zero-order chi connectivity index (χ0) is 17.7. The van der Waals surface area contributed by atoms with Crippen molar-refractivity contribution in [2.24, 2.45) is 4.99 Å². The van der Waals surface area contributed by atoms with Gasteiger partial charge >= 0.3 is 0 Å². The van der Waals surface area contributed by atoms with Crippen molar-refractivity contribution < 1.29 is 0 Å². The molecule has 0 saturated heterocycles. The molecular formula is C19H27ClIN5. The smallest absolute Gasteiger partial charge is 0.191 e. The Hall–Kier alpha value is -1.54. The fourth-order valence-electron chi connectivity index (χ4n) is 2.28. The van der Waals surface area contributed by atoms with Gasteiger partial charge in [0.1, 0.15) is 5.15 Å². The fourth-order valence-corrected chi connectivity index (χ4v) is 2.39. The van der Waals surface area contributed by atoms with Gasteiger partial charge in [-0.25, -0.2) is 4.98 Å². The summed E-state index contributed by atoms with van der Waals surface area (Å²) in [7, 11) is 0. The maximum Gasteiger partial charge on any atom is 0.191 e. The first-order chi connectivity index (χ1) is 12.3. The molecule has 3 N–H and O–H groups in total. The van der Waals surface area contributed by atoms with Crippen molar-refractivity contribution in [1.29, 1.82) is 0 Å². The van der Waals surface area contributed by atoms with E-state index in [0.717, 1.165) is 56.2 Å². The van der Waals surface area contributed by atoms with E-state index in [4.69, 9.17) is 11.6 Å². The van der Waals surface area contributed by atoms with Crippen LogP contribution in [0, 0.1) is 0 Å². The number of para-hydroxylation sites is 1. The van der Waals surface area contributed by atoms with Crippen molar-refractivity contribution in [2.75, 3.05) is 31.5 Å². The Balaban J connectivity index is 0.00000338. The van der Waals surface area contributed by atoms with Crippen molar-refractivity contribution in [3.8, 4) is 0 Å². The average Bonchev–Trinajstić information content (AvgIpc) is 2.64. The summed E-state index contributed by atoms with van der Waals surface area (Å²) in [5, 5.41) is 10.5. The van der Waals surface area contributed by atoms with Crippen LogP contribution in [0.4, 0.5) is 5.69 Å². The SMILES string of the molecule is CCNC(=NCCCNc1ccccc1)NCCc1ccc(Cl)nc1.I. The molecule has 1 heterocycles. The van der Waals surface area contributed by atoms with Crippen molar-refractivity contribution >= 4 is 47.2 Å². The first-order valence-electron chi connectivity index (χ1n) is 8.69. The number of rotatable bonds is 9. The van der Waals surface area contributed by atoms with Gasteiger partial charge in [-0.05, 0) is 43.5 Å². The first kappa shape index (κ1) is 22.5. The van der Waals surface area contributed by atoms with Crippen LogP contribution in [-0.2, 0) is 6.42 Å². The second-order valence-corrected chi connectivity index (χ2v) is 5.96. The number of aliphatic imine (C=N–C) groups is 1. The normalized spacial score (nSPS) is 10.8. The Bertz CT molecular complexity index is 634. The highest BCUT2D eigenvalue weighted by Gasteiger charge is 1.98. The number of aromatic nitrogens is 1. The van der Waals surface area contributed by atoms with Crippen LogP contribution < -0.4 is 16.0 Å². The van der Waals surface area contributed by atoms with E-state index in [0.29, 0.717) is 5.15 Å². The number of hydrogen-bond acceptors (Lipinski definition) is 3. The number of guanidine groups is 1. The lowest BCUT2D eigenvalue weighted by molar-refractivity contribution is 0.786. The van der Waals surface area contributed by atoms with Crippen LogP contribution in [0.25, 0.3) is 0 Å². The Kier molecular flexibility index (Phi) is 11.8. The summed E-state index contributed by atoms with van der Waals surface area (Å²) in [6, 6.07) is 14.0. The molecule has 1 aromatic carbocycles. The van der Waals surface area contributed by atoms with Gasteiger partial charge in [0.05, 0.1) is 0 Å². The predicted octanol–water partition coefficient (Wildman–Crippen LogP) is 3.95. The van der Waals surface area contributed by atoms with Crippen molar-refractivity contribution in [2.45, 2.75) is 19.8 Å². The van der Waals surface area contributed by atoms with Gasteiger partial charge in [-0.3, -0.25) is 4.99 Å². The third-order valence-corrected chi connectivity index (χ3v) is 3.77. The quantitative estimate of drug-likeness (QED) is 0.165. The van der Waals surface area contributed by atoms with E-state index < -0.39 is 0 Å². The Morgan fingerprint density at radius 2 is 1.88 bits per heavy atom. The summed E-state index contributed by atoms with van der Waals surface area (Å²) in [4.78, 5) is 8.70. The molecule has 0 aliphatic rings. The molecule has 0 radical (unpaired) electrons. The molecule has 1 aromatic heterocycles. The Morgan fingerprint density at radius 3 is 2.58 bits per heavy atom. The molecule has 0 fully saturated rings. The third-order valence-electron chi connectivity index (χ3n) is 3.55. The summed E-state index contributed by atoms with van der Waals surface area (Å²) in [6.07, 6.45) is 3.67. The number of nitrogens with one attached hydrogen (secondary N) is 3. The van der Waals surface area contributed by atoms with E-state index in [2.05, 4.69) is 45.0 Å². The largest absolute Gasteiger partial charge is 0.385 e. The third kappa shape index (κ3) is 9.24. The Morgan fingerprint density at radius 1 is 1.08 bits per heavy atom. The van der Waals surface area contributed by atoms with E-state index in [1.165, 1.54) is 0 Å². The molecule has 0 unspecified atom stereocenters. The van der Waals surface area contributed by atoms with Crippen LogP contribution in [0.3, 0.4) is 0 Å². The van der Waals surface area contributed by atoms with Gasteiger partial charge in [0.15, 0.2) is 5.96 Å². The summed E-state index contributed by atoms with van der Waals surface area (Å²) >= 11 is 5.80. The zero-order valence-electron chi connectivity index (χ0n) is 15.0. The lowest BCUT2D eigenvalue weighted by atomic mass is 10.2. The molecule has 26 heavy (non-hydrogen) atoms. The van der Waals surface area contributed by atoms with E-state index in [9.17, 15) is 0 Å². The predicted molar refractivity (Wildman–Crippen MR) is 122 cm³/mol. The molecule has 0 bridgehead atoms. The zero-order valence-corrected chi connectivity index (χ0v) is 18.1. The summed E-state index contributed by atoms with van der Waals surface area (Å²) in [6.45, 7) is 5.40. The van der Waals surface area contributed by atoms with E-state index in [-0.39, 0.29) is 24.0 Å². The van der Waals surface area contributed by atoms with Gasteiger partial charge in [0.2, 0.25) is 0 Å². The summed E-state index contributed by atoms with van der Waals surface area (Å²) in [5.41, 5.74) is 2.30. The number of nitrogens with zero attached hydrogens (tertiary/aromatic N) is 2. The van der Waals surface area contributed by atoms with E-state index in [1.54, 1.807) is 0 Å². The topological polar surface area (TPSA) is 61.3 Å². The molecule has 0 amide bonds. The highest BCUT2D eigenvalue weighted by molar-refractivity contribution is 14.0. The van der Waals surface area contributed by atoms with Crippen LogP contribution in [0.15, 0.2) is 53.7 Å². The minimum absolute atomic E-state index is 0. The van der Waals surface area contributed by atoms with Gasteiger partial charge in [0, 0.05) is 38.1 Å². The van der Waals surface area contributed by atoms with Gasteiger partial charge in [-0.2, -0.15) is 0 Å². The first-order valence-corrected chi connectivity index (χ1v) is 9.07. The molecule has 142 valence electrons. The molecule has 0 saturated carbocycles. The molecule has 0 atom stereocenters. The lowest BCUT2D eigenvalue weighted by Gasteiger charge is -2.11. The second-order valence-electron chi connectivity index (χ2n) is 5.57. The highest BCUT2D eigenvalue weighted by Crippen LogP contribution is 2.05. The van der Waals surface area contributed by atoms with Crippen LogP contribution in [0.2, 0.25) is 5.15 Å². The fraction of sp³-hybridized carbons (Fsp3) is 0.368. The minimum atomic E-state index is 0. The van der Waals surface area contributed by atoms with E-state index in [1.807, 2.05) is 36.5 Å². The van der Waals surface area contributed by atoms with E-state index >= 15 is 0 Å². The minimum Gasteiger partial charge on any atom is -0.385 e. The number of pyridine rings is 1. The maximum absolute atomic E-state index is 5.80. The van der Waals surface area contributed by atoms with Crippen LogP contribution >= 0.6 is 35.6 Å². The summed E-state index contributed by atoms with van der Waals surface area (Å²) in [5.74, 6) is 0.851. The van der Waals surface area contributed by atoms with Crippen molar-refractivity contribution in [3.63, 3.8) is 0 Å². The van der Waals surface area contributed by atoms with Crippen molar-refractivity contribution in [1.82, 2.24) is 15.6 Å². The highest BCUT2D eigenvalue weighted by atomic mass is 127. The van der Waals surface area contributed by atoms with Gasteiger partial charge in [-0.1, -0.05) is 35.9 Å². The van der Waals surface area contributed by atoms with Crippen LogP contribution in [0.1, 0.15) is 18.9 Å². The summed E-state index contributed by atoms with van der Waals surface area (Å²) < 4.78 is 0. The maximum atomic E-state index is 5.80. The molecular weight excluding hydrogens is 461 g/mol. The van der Waals surface area contributed by atoms with Gasteiger partial charge < -0.3 is 16.0 Å². The van der Waals surface area contributed by atoms with Crippen LogP contribution in [-0.4, -0.2) is 37.1 Å². The lowest BCUT2D eigenvalue weighted by Crippen LogP contribution is -2.38. The molecule has 2 aromatic rings. The molecule has 7 heteroatoms. The molecule has 2 rings (SSSR count). The number of benzene rings is 1. The number of hydrogen-bond donors (Lipinski definition) is 3. The van der Waals surface area contributed by atoms with Gasteiger partial charge in [0.25, 0.3) is 0 Å². The standard InChI is InChI=1S/C19H26ClN5.HI/c1-2-21-19(24-14-11-16-9-10-18(20)25-15-16)23-13-6-12-22-17-7-4-3-5-8-17;/h3-5,7-10,15,22H,2,6,11-14H2,1H3,(H2,21,23,24);1H. The number of anilines is 1. The average molecular weight is 488 g/mol. The number of halogens is 2. The molecule has 0 aliphatic carbocycles. The molecule has 0 aliphatic heterocycles. The monoisotopic (exact) mass is 487 g/mol. The van der Waals surface area contributed by atoms with Gasteiger partial charge in [-0.15, -0.1) is 24.0 Å². The second kappa shape index (κ2) is 13.6. The Labute approximate surface area is 178 Å². The van der Waals surface area contributed by atoms with Crippen molar-refractivity contribution in [3.05, 3.63) is 59.4 Å². The van der Waals surface area contributed by atoms with Crippen LogP contribution in [0.5, 0.6) is 0 Å². The molecule has 0 spiro atoms.